The Bertz CT molecular complexity index is 2470. The predicted molar refractivity (Wildman–Crippen MR) is 212 cm³/mol. The summed E-state index contributed by atoms with van der Waals surface area (Å²) in [6.07, 6.45) is 3.16. The summed E-state index contributed by atoms with van der Waals surface area (Å²) < 4.78 is 11.7. The average Bonchev–Trinajstić information content (AvgIpc) is 3.87. The second kappa shape index (κ2) is 16.6. The standard InChI is InChI=1S/C27H22N2O4.C18H13N3O2/c1-2-32-26-15-19(12-13-25(26)33-18-21-9-7-6-8-20(21)16-28)14-23-24(30)17-29(27(23)31)22-10-4-3-5-11-22;22-17-15(10-16-14-9-5-4-6-12(14)11-19-16)18(23)21(20-17)13-7-2-1-3-8-13/h3-15H,2,17-18H2,1H3;1-10H,11H2,(H,20,22)/b23-14+;15-10-. The number of ketones is 1. The number of Topliss-reactive ketones (excluding diaryl/α,β-unsaturated/α-hetero) is 1. The van der Waals surface area contributed by atoms with Gasteiger partial charge in [-0.2, -0.15) is 5.26 Å². The Morgan fingerprint density at radius 3 is 2.20 bits per heavy atom. The van der Waals surface area contributed by atoms with Crippen molar-refractivity contribution >= 4 is 46.7 Å². The van der Waals surface area contributed by atoms with Gasteiger partial charge in [0, 0.05) is 16.8 Å². The van der Waals surface area contributed by atoms with Gasteiger partial charge in [-0.15, -0.1) is 0 Å². The summed E-state index contributed by atoms with van der Waals surface area (Å²) in [4.78, 5) is 56.0. The molecule has 2 fully saturated rings. The van der Waals surface area contributed by atoms with Crippen LogP contribution in [0.4, 0.5) is 11.4 Å². The Hall–Kier alpha value is -7.58. The fourth-order valence-electron chi connectivity index (χ4n) is 6.34. The van der Waals surface area contributed by atoms with Gasteiger partial charge in [0.05, 0.1) is 48.3 Å². The maximum atomic E-state index is 12.9. The van der Waals surface area contributed by atoms with E-state index in [4.69, 9.17) is 9.47 Å². The van der Waals surface area contributed by atoms with Gasteiger partial charge in [-0.05, 0) is 72.7 Å². The molecule has 11 nitrogen and oxygen atoms in total. The molecule has 3 amide bonds. The zero-order valence-corrected chi connectivity index (χ0v) is 30.3. The largest absolute Gasteiger partial charge is 0.490 e. The van der Waals surface area contributed by atoms with E-state index in [1.54, 1.807) is 66.7 Å². The van der Waals surface area contributed by atoms with E-state index >= 15 is 0 Å². The molecule has 5 aromatic rings. The number of nitrogens with one attached hydrogen (secondary N) is 1. The highest BCUT2D eigenvalue weighted by atomic mass is 16.5. The van der Waals surface area contributed by atoms with Crippen LogP contribution >= 0.6 is 0 Å². The number of nitrogens with zero attached hydrogens (tertiary/aromatic N) is 4. The van der Waals surface area contributed by atoms with Crippen molar-refractivity contribution in [3.05, 3.63) is 172 Å². The topological polar surface area (TPSA) is 141 Å². The highest BCUT2D eigenvalue weighted by Crippen LogP contribution is 2.32. The Labute approximate surface area is 323 Å². The van der Waals surface area contributed by atoms with Crippen LogP contribution in [0.15, 0.2) is 150 Å². The number of aliphatic imine (C=N–C) groups is 1. The number of anilines is 2. The lowest BCUT2D eigenvalue weighted by atomic mass is 10.0. The third-order valence-corrected chi connectivity index (χ3v) is 9.15. The number of fused-ring (bicyclic) bond motifs is 1. The highest BCUT2D eigenvalue weighted by molar-refractivity contribution is 6.34. The normalized spacial score (nSPS) is 16.0. The van der Waals surface area contributed by atoms with Gasteiger partial charge in [0.15, 0.2) is 17.3 Å². The van der Waals surface area contributed by atoms with Crippen molar-refractivity contribution in [1.29, 1.82) is 5.26 Å². The van der Waals surface area contributed by atoms with Crippen molar-refractivity contribution in [3.63, 3.8) is 0 Å². The minimum atomic E-state index is -0.411. The van der Waals surface area contributed by atoms with E-state index in [1.165, 1.54) is 9.91 Å². The number of para-hydroxylation sites is 2. The number of hydrazine groups is 1. The highest BCUT2D eigenvalue weighted by Gasteiger charge is 2.36. The molecule has 3 heterocycles. The summed E-state index contributed by atoms with van der Waals surface area (Å²) in [6.45, 7) is 3.10. The molecule has 1 N–H and O–H groups in total. The van der Waals surface area contributed by atoms with E-state index in [0.717, 1.165) is 16.7 Å². The minimum absolute atomic E-state index is 0.0203. The molecule has 3 aliphatic heterocycles. The van der Waals surface area contributed by atoms with Gasteiger partial charge in [-0.25, -0.2) is 5.01 Å². The van der Waals surface area contributed by atoms with Gasteiger partial charge in [0.2, 0.25) is 0 Å². The molecule has 0 spiro atoms. The van der Waals surface area contributed by atoms with Crippen LogP contribution in [-0.2, 0) is 32.3 Å². The van der Waals surface area contributed by atoms with Crippen LogP contribution in [-0.4, -0.2) is 42.4 Å². The summed E-state index contributed by atoms with van der Waals surface area (Å²) in [5.41, 5.74) is 8.88. The molecule has 0 aromatic heterocycles. The monoisotopic (exact) mass is 741 g/mol. The number of hydrogen-bond donors (Lipinski definition) is 1. The van der Waals surface area contributed by atoms with Gasteiger partial charge >= 0.3 is 0 Å². The second-order valence-corrected chi connectivity index (χ2v) is 12.7. The predicted octanol–water partition coefficient (Wildman–Crippen LogP) is 6.53. The van der Waals surface area contributed by atoms with Crippen LogP contribution in [0.2, 0.25) is 0 Å². The van der Waals surface area contributed by atoms with E-state index in [-0.39, 0.29) is 41.9 Å². The molecule has 5 aromatic carbocycles. The van der Waals surface area contributed by atoms with Crippen molar-refractivity contribution in [3.8, 4) is 17.6 Å². The van der Waals surface area contributed by atoms with E-state index in [0.29, 0.717) is 52.9 Å². The Morgan fingerprint density at radius 1 is 0.750 bits per heavy atom. The molecule has 2 saturated heterocycles. The molecule has 0 radical (unpaired) electrons. The first-order valence-corrected chi connectivity index (χ1v) is 17.9. The second-order valence-electron chi connectivity index (χ2n) is 12.7. The molecule has 0 unspecified atom stereocenters. The Balaban J connectivity index is 0.000000182. The fraction of sp³-hybridized carbons (Fsp3) is 0.111. The van der Waals surface area contributed by atoms with Crippen LogP contribution in [0, 0.1) is 11.3 Å². The number of rotatable bonds is 9. The van der Waals surface area contributed by atoms with E-state index in [2.05, 4.69) is 16.5 Å². The summed E-state index contributed by atoms with van der Waals surface area (Å²) in [5.74, 6) is -0.312. The Morgan fingerprint density at radius 2 is 1.45 bits per heavy atom. The molecule has 0 saturated carbocycles. The van der Waals surface area contributed by atoms with Crippen molar-refractivity contribution in [2.24, 2.45) is 4.99 Å². The average molecular weight is 742 g/mol. The van der Waals surface area contributed by atoms with Gasteiger partial charge in [-0.1, -0.05) is 84.9 Å². The molecule has 11 heteroatoms. The number of carbonyl (C=O) groups excluding carboxylic acids is 4. The van der Waals surface area contributed by atoms with Crippen LogP contribution in [0.25, 0.3) is 6.08 Å². The zero-order valence-electron chi connectivity index (χ0n) is 30.3. The SMILES string of the molecule is CCOc1cc(/C=C2\C(=O)CN(c3ccccc3)C2=O)ccc1OCc1ccccc1C#N.O=C1NN(c2ccccc2)C(=O)/C1=C\C1=NCc2ccccc21. The molecule has 3 aliphatic rings. The van der Waals surface area contributed by atoms with Gasteiger partial charge < -0.3 is 14.4 Å². The van der Waals surface area contributed by atoms with E-state index in [9.17, 15) is 24.4 Å². The number of nitriles is 1. The maximum Gasteiger partial charge on any atom is 0.282 e. The fourth-order valence-corrected chi connectivity index (χ4v) is 6.34. The van der Waals surface area contributed by atoms with E-state index in [1.807, 2.05) is 79.7 Å². The van der Waals surface area contributed by atoms with Gasteiger partial charge in [-0.3, -0.25) is 29.6 Å². The lowest BCUT2D eigenvalue weighted by Gasteiger charge is -2.14. The summed E-state index contributed by atoms with van der Waals surface area (Å²) in [7, 11) is 0. The third kappa shape index (κ3) is 7.85. The number of benzene rings is 5. The van der Waals surface area contributed by atoms with Crippen LogP contribution in [0.5, 0.6) is 11.5 Å². The van der Waals surface area contributed by atoms with Crippen molar-refractivity contribution in [2.75, 3.05) is 23.1 Å². The first kappa shape index (κ1) is 36.8. The summed E-state index contributed by atoms with van der Waals surface area (Å²) >= 11 is 0. The lowest BCUT2D eigenvalue weighted by Crippen LogP contribution is -2.35. The molecule has 0 bridgehead atoms. The summed E-state index contributed by atoms with van der Waals surface area (Å²) in [5, 5.41) is 10.5. The molecule has 8 rings (SSSR count). The van der Waals surface area contributed by atoms with Crippen LogP contribution in [0.1, 0.15) is 34.7 Å². The van der Waals surface area contributed by atoms with Crippen LogP contribution < -0.4 is 24.8 Å². The molecule has 0 aliphatic carbocycles. The molecule has 56 heavy (non-hydrogen) atoms. The third-order valence-electron chi connectivity index (χ3n) is 9.15. The summed E-state index contributed by atoms with van der Waals surface area (Å²) in [6, 6.07) is 40.6. The van der Waals surface area contributed by atoms with Gasteiger partial charge in [0.1, 0.15) is 12.2 Å². The maximum absolute atomic E-state index is 12.9. The van der Waals surface area contributed by atoms with Crippen molar-refractivity contribution < 1.29 is 28.7 Å². The molecule has 0 atom stereocenters. The first-order valence-electron chi connectivity index (χ1n) is 17.9. The minimum Gasteiger partial charge on any atom is -0.490 e. The first-order chi connectivity index (χ1) is 27.3. The number of hydrogen-bond acceptors (Lipinski definition) is 8. The molecular weight excluding hydrogens is 707 g/mol. The number of amides is 3. The number of allylic oxidation sites excluding steroid dienone is 1. The number of ether oxygens (including phenoxy) is 2. The quantitative estimate of drug-likeness (QED) is 0.134. The van der Waals surface area contributed by atoms with Crippen LogP contribution in [0.3, 0.4) is 0 Å². The molecular formula is C45H35N5O6. The number of carbonyl (C=O) groups is 4. The van der Waals surface area contributed by atoms with Gasteiger partial charge in [0.25, 0.3) is 17.7 Å². The van der Waals surface area contributed by atoms with Crippen molar-refractivity contribution in [2.45, 2.75) is 20.1 Å². The zero-order chi connectivity index (χ0) is 39.0. The molecule has 276 valence electrons. The van der Waals surface area contributed by atoms with E-state index < -0.39 is 5.91 Å². The smallest absolute Gasteiger partial charge is 0.282 e. The Kier molecular flexibility index (Phi) is 10.9. The lowest BCUT2D eigenvalue weighted by molar-refractivity contribution is -0.118. The van der Waals surface area contributed by atoms with Crippen molar-refractivity contribution in [1.82, 2.24) is 5.43 Å².